The molecule has 0 bridgehead atoms. The zero-order chi connectivity index (χ0) is 13.8. The molecule has 1 heterocycles. The molecule has 2 rings (SSSR count). The fraction of sp³-hybridized carbons (Fsp3) is 0.429. The van der Waals surface area contributed by atoms with E-state index in [2.05, 4.69) is 12.6 Å². The summed E-state index contributed by atoms with van der Waals surface area (Å²) in [5, 5.41) is 0. The molecule has 0 spiro atoms. The Morgan fingerprint density at radius 2 is 2.21 bits per heavy atom. The Hall–Kier alpha value is -1.49. The zero-order valence-electron chi connectivity index (χ0n) is 10.9. The first-order chi connectivity index (χ1) is 9.17. The monoisotopic (exact) mass is 279 g/mol. The highest BCUT2D eigenvalue weighted by Crippen LogP contribution is 2.28. The van der Waals surface area contributed by atoms with Gasteiger partial charge in [-0.05, 0) is 42.4 Å². The number of hydrogen-bond acceptors (Lipinski definition) is 4. The maximum atomic E-state index is 12.0. The first-order valence-corrected chi connectivity index (χ1v) is 6.93. The van der Waals surface area contributed by atoms with E-state index >= 15 is 0 Å². The lowest BCUT2D eigenvalue weighted by molar-refractivity contribution is -0.118. The fourth-order valence-corrected chi connectivity index (χ4v) is 2.52. The third-order valence-corrected chi connectivity index (χ3v) is 3.47. The third kappa shape index (κ3) is 2.92. The topological polar surface area (TPSA) is 46.6 Å². The highest BCUT2D eigenvalue weighted by molar-refractivity contribution is 7.80. The van der Waals surface area contributed by atoms with Gasteiger partial charge in [0, 0.05) is 18.7 Å². The highest BCUT2D eigenvalue weighted by Gasteiger charge is 2.22. The van der Waals surface area contributed by atoms with Gasteiger partial charge in [0.15, 0.2) is 0 Å². The van der Waals surface area contributed by atoms with Gasteiger partial charge in [0.25, 0.3) is 0 Å². The predicted octanol–water partition coefficient (Wildman–Crippen LogP) is 2.07. The Morgan fingerprint density at radius 3 is 2.89 bits per heavy atom. The quantitative estimate of drug-likeness (QED) is 0.680. The van der Waals surface area contributed by atoms with E-state index in [-0.39, 0.29) is 11.9 Å². The van der Waals surface area contributed by atoms with Gasteiger partial charge in [-0.25, -0.2) is 4.79 Å². The van der Waals surface area contributed by atoms with Crippen LogP contribution < -0.4 is 4.90 Å². The molecule has 1 aliphatic heterocycles. The smallest absolute Gasteiger partial charge is 0.337 e. The van der Waals surface area contributed by atoms with Gasteiger partial charge in [-0.3, -0.25) is 4.79 Å². The van der Waals surface area contributed by atoms with Gasteiger partial charge in [0.2, 0.25) is 5.91 Å². The van der Waals surface area contributed by atoms with E-state index in [0.29, 0.717) is 17.7 Å². The van der Waals surface area contributed by atoms with Crippen LogP contribution >= 0.6 is 12.6 Å². The van der Waals surface area contributed by atoms with Gasteiger partial charge < -0.3 is 9.64 Å². The number of esters is 1. The molecule has 4 nitrogen and oxygen atoms in total. The summed E-state index contributed by atoms with van der Waals surface area (Å²) in [6, 6.07) is 5.36. The molecule has 0 radical (unpaired) electrons. The summed E-state index contributed by atoms with van der Waals surface area (Å²) in [5.41, 5.74) is 2.47. The van der Waals surface area contributed by atoms with Gasteiger partial charge in [-0.15, -0.1) is 0 Å². The molecule has 1 amide bonds. The number of aryl methyl sites for hydroxylation is 1. The summed E-state index contributed by atoms with van der Waals surface area (Å²) in [4.78, 5) is 25.3. The summed E-state index contributed by atoms with van der Waals surface area (Å²) in [5.74, 6) is 0.286. The Morgan fingerprint density at radius 1 is 1.42 bits per heavy atom. The summed E-state index contributed by atoms with van der Waals surface area (Å²) < 4.78 is 4.71. The normalized spacial score (nSPS) is 13.9. The number of benzene rings is 1. The molecule has 0 unspecified atom stereocenters. The molecule has 0 saturated carbocycles. The summed E-state index contributed by atoms with van der Waals surface area (Å²) in [6.07, 6.45) is 2.22. The largest absolute Gasteiger partial charge is 0.465 e. The maximum absolute atomic E-state index is 12.0. The predicted molar refractivity (Wildman–Crippen MR) is 76.9 cm³/mol. The van der Waals surface area contributed by atoms with Crippen molar-refractivity contribution in [1.82, 2.24) is 0 Å². The SMILES string of the molecule is COC(=O)c1ccc2c(c1)CCCN2C(=O)CCS. The van der Waals surface area contributed by atoms with Crippen LogP contribution in [0.3, 0.4) is 0 Å². The van der Waals surface area contributed by atoms with E-state index in [1.165, 1.54) is 7.11 Å². The van der Waals surface area contributed by atoms with Crippen molar-refractivity contribution in [3.05, 3.63) is 29.3 Å². The molecule has 102 valence electrons. The van der Waals surface area contributed by atoms with Gasteiger partial charge >= 0.3 is 5.97 Å². The lowest BCUT2D eigenvalue weighted by Crippen LogP contribution is -2.35. The minimum Gasteiger partial charge on any atom is -0.465 e. The fourth-order valence-electron chi connectivity index (χ4n) is 2.33. The van der Waals surface area contributed by atoms with Crippen LogP contribution in [0, 0.1) is 0 Å². The number of methoxy groups -OCH3 is 1. The van der Waals surface area contributed by atoms with Crippen LogP contribution in [0.15, 0.2) is 18.2 Å². The van der Waals surface area contributed by atoms with Crippen LogP contribution in [0.5, 0.6) is 0 Å². The maximum Gasteiger partial charge on any atom is 0.337 e. The van der Waals surface area contributed by atoms with E-state index in [4.69, 9.17) is 4.74 Å². The van der Waals surface area contributed by atoms with Crippen molar-refractivity contribution >= 4 is 30.2 Å². The second-order valence-corrected chi connectivity index (χ2v) is 4.90. The van der Waals surface area contributed by atoms with Crippen molar-refractivity contribution in [2.75, 3.05) is 24.3 Å². The second kappa shape index (κ2) is 6.10. The molecule has 0 N–H and O–H groups in total. The van der Waals surface area contributed by atoms with Crippen LogP contribution in [0.4, 0.5) is 5.69 Å². The van der Waals surface area contributed by atoms with Crippen LogP contribution in [-0.4, -0.2) is 31.3 Å². The minimum absolute atomic E-state index is 0.0850. The summed E-state index contributed by atoms with van der Waals surface area (Å²) in [6.45, 7) is 0.733. The number of carbonyl (C=O) groups is 2. The Kier molecular flexibility index (Phi) is 4.47. The molecule has 0 aliphatic carbocycles. The number of hydrogen-bond donors (Lipinski definition) is 1. The standard InChI is InChI=1S/C14H17NO3S/c1-18-14(17)11-4-5-12-10(9-11)3-2-7-15(12)13(16)6-8-19/h4-5,9,19H,2-3,6-8H2,1H3. The average Bonchev–Trinajstić information content (AvgIpc) is 2.45. The molecular formula is C14H17NO3S. The van der Waals surface area contributed by atoms with E-state index in [9.17, 15) is 9.59 Å². The molecule has 5 heteroatoms. The summed E-state index contributed by atoms with van der Waals surface area (Å²) in [7, 11) is 1.37. The number of ether oxygens (including phenoxy) is 1. The van der Waals surface area contributed by atoms with Gasteiger partial charge in [-0.1, -0.05) is 0 Å². The van der Waals surface area contributed by atoms with Crippen molar-refractivity contribution in [2.24, 2.45) is 0 Å². The number of carbonyl (C=O) groups excluding carboxylic acids is 2. The van der Waals surface area contributed by atoms with Crippen molar-refractivity contribution in [3.8, 4) is 0 Å². The first-order valence-electron chi connectivity index (χ1n) is 6.30. The van der Waals surface area contributed by atoms with E-state index in [0.717, 1.165) is 30.6 Å². The number of amides is 1. The Labute approximate surface area is 118 Å². The van der Waals surface area contributed by atoms with Gasteiger partial charge in [0.1, 0.15) is 0 Å². The van der Waals surface area contributed by atoms with Crippen molar-refractivity contribution < 1.29 is 14.3 Å². The number of rotatable bonds is 3. The molecule has 0 fully saturated rings. The van der Waals surface area contributed by atoms with Gasteiger partial charge in [-0.2, -0.15) is 12.6 Å². The highest BCUT2D eigenvalue weighted by atomic mass is 32.1. The number of thiol groups is 1. The Balaban J connectivity index is 2.30. The van der Waals surface area contributed by atoms with Crippen molar-refractivity contribution in [3.63, 3.8) is 0 Å². The molecule has 0 aromatic heterocycles. The first kappa shape index (κ1) is 13.9. The molecule has 0 saturated heterocycles. The number of fused-ring (bicyclic) bond motifs is 1. The second-order valence-electron chi connectivity index (χ2n) is 4.46. The molecule has 1 aliphatic rings. The minimum atomic E-state index is -0.346. The van der Waals surface area contributed by atoms with Crippen molar-refractivity contribution in [1.29, 1.82) is 0 Å². The Bertz CT molecular complexity index is 501. The van der Waals surface area contributed by atoms with Crippen LogP contribution in [0.2, 0.25) is 0 Å². The lowest BCUT2D eigenvalue weighted by Gasteiger charge is -2.29. The van der Waals surface area contributed by atoms with E-state index < -0.39 is 0 Å². The van der Waals surface area contributed by atoms with Gasteiger partial charge in [0.05, 0.1) is 12.7 Å². The summed E-state index contributed by atoms with van der Waals surface area (Å²) >= 11 is 4.10. The number of anilines is 1. The van der Waals surface area contributed by atoms with E-state index in [1.807, 2.05) is 12.1 Å². The van der Waals surface area contributed by atoms with E-state index in [1.54, 1.807) is 11.0 Å². The molecule has 0 atom stereocenters. The molecule has 1 aromatic carbocycles. The average molecular weight is 279 g/mol. The zero-order valence-corrected chi connectivity index (χ0v) is 11.8. The van der Waals surface area contributed by atoms with Crippen LogP contribution in [0.1, 0.15) is 28.8 Å². The molecule has 19 heavy (non-hydrogen) atoms. The van der Waals surface area contributed by atoms with Crippen LogP contribution in [0.25, 0.3) is 0 Å². The lowest BCUT2D eigenvalue weighted by atomic mass is 9.99. The third-order valence-electron chi connectivity index (χ3n) is 3.25. The van der Waals surface area contributed by atoms with Crippen molar-refractivity contribution in [2.45, 2.75) is 19.3 Å². The molecule has 1 aromatic rings. The molecular weight excluding hydrogens is 262 g/mol. The van der Waals surface area contributed by atoms with Crippen LogP contribution in [-0.2, 0) is 16.0 Å². The number of nitrogens with zero attached hydrogens (tertiary/aromatic N) is 1.